The van der Waals surface area contributed by atoms with E-state index in [1.807, 2.05) is 6.07 Å². The largest absolute Gasteiger partial charge is 0.268 e. The van der Waals surface area contributed by atoms with Gasteiger partial charge in [-0.25, -0.2) is 19.9 Å². The summed E-state index contributed by atoms with van der Waals surface area (Å²) in [5.74, 6) is -1.45. The Hall–Kier alpha value is -3.06. The summed E-state index contributed by atoms with van der Waals surface area (Å²) in [6.07, 6.45) is 4.44. The SMILES string of the molecule is O=C(c1cccnc1Cl)N(C(=O)c1cccnc1Cl)c1c(Cl)ncc2ccccc12. The highest BCUT2D eigenvalue weighted by Gasteiger charge is 2.32. The summed E-state index contributed by atoms with van der Waals surface area (Å²) in [4.78, 5) is 40.0. The van der Waals surface area contributed by atoms with Crippen molar-refractivity contribution in [3.05, 3.63) is 93.7 Å². The first-order valence-corrected chi connectivity index (χ1v) is 9.75. The second-order valence-corrected chi connectivity index (χ2v) is 7.19. The second kappa shape index (κ2) is 8.36. The van der Waals surface area contributed by atoms with Crippen LogP contribution in [-0.4, -0.2) is 26.8 Å². The molecule has 4 aromatic rings. The standard InChI is InChI=1S/C21H11Cl3N4O2/c22-17-14(7-3-9-25-17)20(29)28(21(30)15-8-4-10-26-18(15)23)16-13-6-2-1-5-12(13)11-27-19(16)24/h1-11H. The monoisotopic (exact) mass is 456 g/mol. The van der Waals surface area contributed by atoms with Gasteiger partial charge in [0.2, 0.25) is 0 Å². The molecule has 3 aromatic heterocycles. The number of halogens is 3. The van der Waals surface area contributed by atoms with E-state index in [1.165, 1.54) is 24.5 Å². The van der Waals surface area contributed by atoms with Gasteiger partial charge in [0.1, 0.15) is 10.3 Å². The number of amides is 2. The lowest BCUT2D eigenvalue weighted by atomic mass is 10.1. The van der Waals surface area contributed by atoms with E-state index < -0.39 is 11.8 Å². The molecule has 1 aromatic carbocycles. The van der Waals surface area contributed by atoms with Crippen LogP contribution in [0.15, 0.2) is 67.1 Å². The van der Waals surface area contributed by atoms with Gasteiger partial charge in [0.15, 0.2) is 5.15 Å². The van der Waals surface area contributed by atoms with Crippen LogP contribution in [-0.2, 0) is 0 Å². The molecule has 148 valence electrons. The summed E-state index contributed by atoms with van der Waals surface area (Å²) in [5, 5.41) is 1.11. The maximum Gasteiger partial charge on any atom is 0.268 e. The minimum absolute atomic E-state index is 0.0246. The van der Waals surface area contributed by atoms with Crippen LogP contribution in [0.5, 0.6) is 0 Å². The number of fused-ring (bicyclic) bond motifs is 1. The maximum atomic E-state index is 13.5. The van der Waals surface area contributed by atoms with Crippen molar-refractivity contribution in [2.24, 2.45) is 0 Å². The second-order valence-electron chi connectivity index (χ2n) is 6.11. The van der Waals surface area contributed by atoms with Crippen LogP contribution >= 0.6 is 34.8 Å². The van der Waals surface area contributed by atoms with Gasteiger partial charge < -0.3 is 0 Å². The Bertz CT molecular complexity index is 1240. The molecule has 0 aliphatic rings. The lowest BCUT2D eigenvalue weighted by molar-refractivity contribution is 0.0897. The molecule has 6 nitrogen and oxygen atoms in total. The number of aromatic nitrogens is 3. The van der Waals surface area contributed by atoms with Crippen LogP contribution in [0.1, 0.15) is 20.7 Å². The Morgan fingerprint density at radius 1 is 0.700 bits per heavy atom. The molecule has 0 aliphatic carbocycles. The lowest BCUT2D eigenvalue weighted by Crippen LogP contribution is -2.38. The summed E-state index contributed by atoms with van der Waals surface area (Å²) in [7, 11) is 0. The van der Waals surface area contributed by atoms with Crippen LogP contribution in [0.2, 0.25) is 15.5 Å². The van der Waals surface area contributed by atoms with Crippen molar-refractivity contribution in [3.8, 4) is 0 Å². The summed E-state index contributed by atoms with van der Waals surface area (Å²) in [6.45, 7) is 0. The zero-order chi connectivity index (χ0) is 21.3. The minimum atomic E-state index is -0.724. The fourth-order valence-corrected chi connectivity index (χ4v) is 3.60. The summed E-state index contributed by atoms with van der Waals surface area (Å²) < 4.78 is 0. The molecule has 0 N–H and O–H groups in total. The van der Waals surface area contributed by atoms with E-state index in [-0.39, 0.29) is 32.3 Å². The van der Waals surface area contributed by atoms with Crippen LogP contribution < -0.4 is 4.90 Å². The van der Waals surface area contributed by atoms with Gasteiger partial charge in [-0.15, -0.1) is 0 Å². The number of hydrogen-bond donors (Lipinski definition) is 0. The Balaban J connectivity index is 1.99. The molecule has 3 heterocycles. The average Bonchev–Trinajstić information content (AvgIpc) is 2.76. The van der Waals surface area contributed by atoms with Gasteiger partial charge in [-0.05, 0) is 24.3 Å². The zero-order valence-electron chi connectivity index (χ0n) is 15.1. The Kier molecular flexibility index (Phi) is 5.63. The molecule has 0 bridgehead atoms. The number of rotatable bonds is 3. The Morgan fingerprint density at radius 2 is 1.27 bits per heavy atom. The van der Waals surface area contributed by atoms with Gasteiger partial charge >= 0.3 is 0 Å². The summed E-state index contributed by atoms with van der Waals surface area (Å²) >= 11 is 18.7. The first-order chi connectivity index (χ1) is 14.5. The predicted molar refractivity (Wildman–Crippen MR) is 116 cm³/mol. The molecule has 0 saturated carbocycles. The fraction of sp³-hybridized carbons (Fsp3) is 0. The van der Waals surface area contributed by atoms with Gasteiger partial charge in [-0.3, -0.25) is 9.59 Å². The first-order valence-electron chi connectivity index (χ1n) is 8.62. The average molecular weight is 458 g/mol. The first kappa shape index (κ1) is 20.2. The number of carbonyl (C=O) groups is 2. The number of pyridine rings is 3. The van der Waals surface area contributed by atoms with E-state index >= 15 is 0 Å². The van der Waals surface area contributed by atoms with Gasteiger partial charge in [0.05, 0.1) is 16.8 Å². The highest BCUT2D eigenvalue weighted by atomic mass is 35.5. The van der Waals surface area contributed by atoms with E-state index in [1.54, 1.807) is 36.5 Å². The van der Waals surface area contributed by atoms with Crippen molar-refractivity contribution < 1.29 is 9.59 Å². The molecule has 0 fully saturated rings. The normalized spacial score (nSPS) is 10.8. The molecule has 30 heavy (non-hydrogen) atoms. The Morgan fingerprint density at radius 3 is 1.83 bits per heavy atom. The van der Waals surface area contributed by atoms with Crippen molar-refractivity contribution in [1.29, 1.82) is 0 Å². The number of carbonyl (C=O) groups excluding carboxylic acids is 2. The van der Waals surface area contributed by atoms with E-state index in [0.29, 0.717) is 10.8 Å². The van der Waals surface area contributed by atoms with Crippen molar-refractivity contribution in [3.63, 3.8) is 0 Å². The fourth-order valence-electron chi connectivity index (χ4n) is 2.96. The maximum absolute atomic E-state index is 13.5. The summed E-state index contributed by atoms with van der Waals surface area (Å²) in [5.41, 5.74) is 0.165. The molecule has 0 unspecified atom stereocenters. The molecule has 9 heteroatoms. The quantitative estimate of drug-likeness (QED) is 0.301. The summed E-state index contributed by atoms with van der Waals surface area (Å²) in [6, 6.07) is 13.1. The molecular weight excluding hydrogens is 447 g/mol. The highest BCUT2D eigenvalue weighted by Crippen LogP contribution is 2.35. The van der Waals surface area contributed by atoms with Crippen LogP contribution in [0, 0.1) is 0 Å². The third-order valence-electron chi connectivity index (χ3n) is 4.34. The van der Waals surface area contributed by atoms with E-state index in [0.717, 1.165) is 4.90 Å². The topological polar surface area (TPSA) is 76.1 Å². The molecule has 0 atom stereocenters. The number of anilines is 1. The van der Waals surface area contributed by atoms with E-state index in [4.69, 9.17) is 34.8 Å². The molecular formula is C21H11Cl3N4O2. The highest BCUT2D eigenvalue weighted by molar-refractivity contribution is 6.41. The third kappa shape index (κ3) is 3.61. The van der Waals surface area contributed by atoms with E-state index in [9.17, 15) is 9.59 Å². The molecule has 2 amide bonds. The van der Waals surface area contributed by atoms with Gasteiger partial charge in [-0.2, -0.15) is 0 Å². The molecule has 0 radical (unpaired) electrons. The molecule has 4 rings (SSSR count). The Labute approximate surface area is 186 Å². The molecule has 0 aliphatic heterocycles. The predicted octanol–water partition coefficient (Wildman–Crippen LogP) is 5.47. The van der Waals surface area contributed by atoms with Gasteiger partial charge in [0.25, 0.3) is 11.8 Å². The van der Waals surface area contributed by atoms with Crippen LogP contribution in [0.4, 0.5) is 5.69 Å². The number of hydrogen-bond acceptors (Lipinski definition) is 5. The minimum Gasteiger partial charge on any atom is -0.268 e. The number of imide groups is 1. The van der Waals surface area contributed by atoms with E-state index in [2.05, 4.69) is 15.0 Å². The van der Waals surface area contributed by atoms with Crippen molar-refractivity contribution in [2.75, 3.05) is 4.90 Å². The molecule has 0 spiro atoms. The molecule has 0 saturated heterocycles. The zero-order valence-corrected chi connectivity index (χ0v) is 17.4. The van der Waals surface area contributed by atoms with Gasteiger partial charge in [-0.1, -0.05) is 59.1 Å². The van der Waals surface area contributed by atoms with Crippen LogP contribution in [0.3, 0.4) is 0 Å². The smallest absolute Gasteiger partial charge is 0.268 e. The van der Waals surface area contributed by atoms with Crippen LogP contribution in [0.25, 0.3) is 10.8 Å². The number of benzene rings is 1. The van der Waals surface area contributed by atoms with Gasteiger partial charge in [0, 0.05) is 29.4 Å². The third-order valence-corrected chi connectivity index (χ3v) is 5.22. The van der Waals surface area contributed by atoms with Crippen molar-refractivity contribution in [1.82, 2.24) is 15.0 Å². The van der Waals surface area contributed by atoms with Crippen molar-refractivity contribution in [2.45, 2.75) is 0 Å². The number of nitrogens with zero attached hydrogens (tertiary/aromatic N) is 4. The van der Waals surface area contributed by atoms with Crippen molar-refractivity contribution >= 4 is 63.1 Å². The lowest BCUT2D eigenvalue weighted by Gasteiger charge is -2.23.